The Labute approximate surface area is 146 Å². The van der Waals surface area contributed by atoms with Crippen LogP contribution in [0.1, 0.15) is 18.4 Å². The minimum atomic E-state index is 0.633. The number of rotatable bonds is 5. The number of hydrogen-bond donors (Lipinski definition) is 1. The van der Waals surface area contributed by atoms with Crippen LogP contribution in [0.3, 0.4) is 0 Å². The Morgan fingerprint density at radius 3 is 2.67 bits per heavy atom. The fourth-order valence-corrected chi connectivity index (χ4v) is 3.38. The molecule has 2 nitrogen and oxygen atoms in total. The fraction of sp³-hybridized carbons (Fsp3) is 0.250. The first-order valence-electron chi connectivity index (χ1n) is 6.77. The zero-order valence-electron chi connectivity index (χ0n) is 11.2. The van der Waals surface area contributed by atoms with Gasteiger partial charge in [-0.05, 0) is 59.1 Å². The van der Waals surface area contributed by atoms with Gasteiger partial charge in [-0.2, -0.15) is 0 Å². The molecule has 1 N–H and O–H groups in total. The minimum absolute atomic E-state index is 0.633. The quantitative estimate of drug-likeness (QED) is 0.636. The summed E-state index contributed by atoms with van der Waals surface area (Å²) >= 11 is 13.3. The molecule has 1 aliphatic rings. The summed E-state index contributed by atoms with van der Waals surface area (Å²) in [6, 6.07) is 12.2. The summed E-state index contributed by atoms with van der Waals surface area (Å²) in [7, 11) is 0. The van der Waals surface area contributed by atoms with E-state index in [0.29, 0.717) is 6.04 Å². The molecule has 0 saturated heterocycles. The lowest BCUT2D eigenvalue weighted by Gasteiger charge is -2.14. The van der Waals surface area contributed by atoms with Crippen LogP contribution in [0, 0.1) is 0 Å². The van der Waals surface area contributed by atoms with E-state index >= 15 is 0 Å². The van der Waals surface area contributed by atoms with Crippen molar-refractivity contribution in [3.63, 3.8) is 0 Å². The van der Waals surface area contributed by atoms with Crippen LogP contribution in [0.25, 0.3) is 0 Å². The van der Waals surface area contributed by atoms with E-state index in [0.717, 1.165) is 37.6 Å². The molecular weight excluding hydrogens is 417 g/mol. The second kappa shape index (κ2) is 6.69. The highest BCUT2D eigenvalue weighted by Crippen LogP contribution is 2.35. The van der Waals surface area contributed by atoms with Crippen molar-refractivity contribution in [1.82, 2.24) is 5.32 Å². The average Bonchev–Trinajstić information content (AvgIpc) is 3.25. The third kappa shape index (κ3) is 4.01. The van der Waals surface area contributed by atoms with Gasteiger partial charge in [0, 0.05) is 27.6 Å². The zero-order chi connectivity index (χ0) is 14.8. The van der Waals surface area contributed by atoms with E-state index in [2.05, 4.69) is 37.2 Å². The van der Waals surface area contributed by atoms with Crippen LogP contribution >= 0.6 is 43.5 Å². The SMILES string of the molecule is Clc1cccc(Oc2ccc(Br)cc2Br)c1CNC1CC1. The van der Waals surface area contributed by atoms with Gasteiger partial charge < -0.3 is 10.1 Å². The molecule has 110 valence electrons. The van der Waals surface area contributed by atoms with Gasteiger partial charge in [-0.25, -0.2) is 0 Å². The molecule has 0 amide bonds. The molecule has 0 heterocycles. The Bertz CT molecular complexity index is 659. The minimum Gasteiger partial charge on any atom is -0.456 e. The Hall–Kier alpha value is -0.550. The van der Waals surface area contributed by atoms with E-state index in [1.54, 1.807) is 0 Å². The first kappa shape index (κ1) is 15.3. The van der Waals surface area contributed by atoms with Crippen molar-refractivity contribution in [3.8, 4) is 11.5 Å². The number of nitrogens with one attached hydrogen (secondary N) is 1. The predicted molar refractivity (Wildman–Crippen MR) is 93.2 cm³/mol. The molecular formula is C16H14Br2ClNO. The molecule has 2 aromatic rings. The lowest BCUT2D eigenvalue weighted by Crippen LogP contribution is -2.16. The third-order valence-electron chi connectivity index (χ3n) is 3.33. The Balaban J connectivity index is 1.84. The Morgan fingerprint density at radius 2 is 1.95 bits per heavy atom. The molecule has 0 radical (unpaired) electrons. The molecule has 5 heteroatoms. The van der Waals surface area contributed by atoms with Gasteiger partial charge in [0.15, 0.2) is 0 Å². The zero-order valence-corrected chi connectivity index (χ0v) is 15.1. The second-order valence-corrected chi connectivity index (χ2v) is 7.23. The molecule has 0 bridgehead atoms. The fourth-order valence-electron chi connectivity index (χ4n) is 2.02. The first-order chi connectivity index (χ1) is 10.1. The Morgan fingerprint density at radius 1 is 1.14 bits per heavy atom. The van der Waals surface area contributed by atoms with Crippen molar-refractivity contribution >= 4 is 43.5 Å². The first-order valence-corrected chi connectivity index (χ1v) is 8.73. The smallest absolute Gasteiger partial charge is 0.141 e. The second-order valence-electron chi connectivity index (χ2n) is 5.05. The molecule has 0 unspecified atom stereocenters. The van der Waals surface area contributed by atoms with Gasteiger partial charge in [0.1, 0.15) is 11.5 Å². The summed E-state index contributed by atoms with van der Waals surface area (Å²) in [5.41, 5.74) is 1.00. The largest absolute Gasteiger partial charge is 0.456 e. The summed E-state index contributed by atoms with van der Waals surface area (Å²) < 4.78 is 7.94. The van der Waals surface area contributed by atoms with Crippen molar-refractivity contribution in [2.75, 3.05) is 0 Å². The van der Waals surface area contributed by atoms with E-state index in [1.165, 1.54) is 12.8 Å². The van der Waals surface area contributed by atoms with Gasteiger partial charge >= 0.3 is 0 Å². The summed E-state index contributed by atoms with van der Waals surface area (Å²) in [6.45, 7) is 0.730. The van der Waals surface area contributed by atoms with E-state index < -0.39 is 0 Å². The number of ether oxygens (including phenoxy) is 1. The molecule has 0 aliphatic heterocycles. The topological polar surface area (TPSA) is 21.3 Å². The predicted octanol–water partition coefficient (Wildman–Crippen LogP) is 5.91. The van der Waals surface area contributed by atoms with Crippen molar-refractivity contribution in [1.29, 1.82) is 0 Å². The molecule has 1 saturated carbocycles. The molecule has 0 atom stereocenters. The van der Waals surface area contributed by atoms with Crippen molar-refractivity contribution < 1.29 is 4.74 Å². The highest BCUT2D eigenvalue weighted by Gasteiger charge is 2.21. The summed E-state index contributed by atoms with van der Waals surface area (Å²) in [4.78, 5) is 0. The monoisotopic (exact) mass is 429 g/mol. The van der Waals surface area contributed by atoms with Gasteiger partial charge in [-0.15, -0.1) is 0 Å². The highest BCUT2D eigenvalue weighted by molar-refractivity contribution is 9.11. The molecule has 3 rings (SSSR count). The van der Waals surface area contributed by atoms with Crippen molar-refractivity contribution in [3.05, 3.63) is 55.9 Å². The molecule has 1 fully saturated rings. The highest BCUT2D eigenvalue weighted by atomic mass is 79.9. The molecule has 2 aromatic carbocycles. The number of hydrogen-bond acceptors (Lipinski definition) is 2. The summed E-state index contributed by atoms with van der Waals surface area (Å²) in [5, 5.41) is 4.21. The van der Waals surface area contributed by atoms with Crippen LogP contribution in [-0.4, -0.2) is 6.04 Å². The van der Waals surface area contributed by atoms with Gasteiger partial charge in [-0.3, -0.25) is 0 Å². The van der Waals surface area contributed by atoms with Gasteiger partial charge in [0.2, 0.25) is 0 Å². The van der Waals surface area contributed by atoms with Gasteiger partial charge in [0.25, 0.3) is 0 Å². The number of halogens is 3. The molecule has 0 spiro atoms. The van der Waals surface area contributed by atoms with Crippen LogP contribution in [0.5, 0.6) is 11.5 Å². The summed E-state index contributed by atoms with van der Waals surface area (Å²) in [6.07, 6.45) is 2.50. The van der Waals surface area contributed by atoms with Gasteiger partial charge in [0.05, 0.1) is 4.47 Å². The van der Waals surface area contributed by atoms with Crippen molar-refractivity contribution in [2.45, 2.75) is 25.4 Å². The maximum absolute atomic E-state index is 6.33. The molecule has 1 aliphatic carbocycles. The average molecular weight is 432 g/mol. The van der Waals surface area contributed by atoms with E-state index in [-0.39, 0.29) is 0 Å². The van der Waals surface area contributed by atoms with E-state index in [1.807, 2.05) is 36.4 Å². The standard InChI is InChI=1S/C16H14Br2ClNO/c17-10-4-7-16(13(18)8-10)21-15-3-1-2-14(19)12(15)9-20-11-5-6-11/h1-4,7-8,11,20H,5-6,9H2. The Kier molecular flexibility index (Phi) is 4.89. The van der Waals surface area contributed by atoms with Crippen LogP contribution < -0.4 is 10.1 Å². The normalized spacial score (nSPS) is 14.2. The van der Waals surface area contributed by atoms with Crippen LogP contribution in [0.4, 0.5) is 0 Å². The van der Waals surface area contributed by atoms with Crippen molar-refractivity contribution in [2.24, 2.45) is 0 Å². The number of benzene rings is 2. The summed E-state index contributed by atoms with van der Waals surface area (Å²) in [5.74, 6) is 1.56. The molecule has 21 heavy (non-hydrogen) atoms. The van der Waals surface area contributed by atoms with Crippen LogP contribution in [0.2, 0.25) is 5.02 Å². The molecule has 0 aromatic heterocycles. The lowest BCUT2D eigenvalue weighted by atomic mass is 10.2. The van der Waals surface area contributed by atoms with E-state index in [9.17, 15) is 0 Å². The lowest BCUT2D eigenvalue weighted by molar-refractivity contribution is 0.469. The van der Waals surface area contributed by atoms with Crippen LogP contribution in [-0.2, 0) is 6.54 Å². The maximum atomic E-state index is 6.33. The maximum Gasteiger partial charge on any atom is 0.141 e. The van der Waals surface area contributed by atoms with Gasteiger partial charge in [-0.1, -0.05) is 33.6 Å². The van der Waals surface area contributed by atoms with E-state index in [4.69, 9.17) is 16.3 Å². The third-order valence-corrected chi connectivity index (χ3v) is 4.80. The van der Waals surface area contributed by atoms with Crippen LogP contribution in [0.15, 0.2) is 45.3 Å².